The van der Waals surface area contributed by atoms with Crippen molar-refractivity contribution in [2.45, 2.75) is 38.1 Å². The molecule has 0 aromatic heterocycles. The molecule has 116 valence electrons. The van der Waals surface area contributed by atoms with Crippen LogP contribution in [-0.4, -0.2) is 65.4 Å². The fourth-order valence-corrected chi connectivity index (χ4v) is 3.83. The van der Waals surface area contributed by atoms with Gasteiger partial charge in [0.15, 0.2) is 0 Å². The van der Waals surface area contributed by atoms with E-state index in [0.717, 1.165) is 23.6 Å². The second-order valence-electron chi connectivity index (χ2n) is 4.87. The predicted octanol–water partition coefficient (Wildman–Crippen LogP) is -0.0331. The van der Waals surface area contributed by atoms with Crippen LogP contribution in [0.4, 0.5) is 0 Å². The predicted molar refractivity (Wildman–Crippen MR) is 70.4 cm³/mol. The normalized spacial score (nSPS) is 17.6. The highest BCUT2D eigenvalue weighted by Gasteiger charge is 2.34. The molecule has 1 rings (SSSR count). The van der Waals surface area contributed by atoms with E-state index in [2.05, 4.69) is 0 Å². The molecule has 0 spiro atoms. The van der Waals surface area contributed by atoms with Gasteiger partial charge in [-0.2, -0.15) is 17.0 Å². The summed E-state index contributed by atoms with van der Waals surface area (Å²) in [6, 6.07) is -0.196. The lowest BCUT2D eigenvalue weighted by Gasteiger charge is -2.33. The molecule has 1 fully saturated rings. The third-order valence-electron chi connectivity index (χ3n) is 3.40. The van der Waals surface area contributed by atoms with Crippen molar-refractivity contribution >= 4 is 22.1 Å². The minimum Gasteiger partial charge on any atom is -0.480 e. The van der Waals surface area contributed by atoms with Crippen molar-refractivity contribution in [2.75, 3.05) is 20.1 Å². The molecular formula is C11H20N2O6S. The molecule has 0 atom stereocenters. The summed E-state index contributed by atoms with van der Waals surface area (Å²) in [5.74, 6) is -2.77. The van der Waals surface area contributed by atoms with Gasteiger partial charge < -0.3 is 10.2 Å². The molecule has 0 radical (unpaired) electrons. The minimum atomic E-state index is -4.09. The minimum absolute atomic E-state index is 0.196. The van der Waals surface area contributed by atoms with Crippen LogP contribution in [0.3, 0.4) is 0 Å². The van der Waals surface area contributed by atoms with Gasteiger partial charge in [0.1, 0.15) is 13.1 Å². The number of nitrogens with zero attached hydrogens (tertiary/aromatic N) is 2. The number of aliphatic carboxylic acids is 2. The van der Waals surface area contributed by atoms with Crippen LogP contribution in [-0.2, 0) is 19.8 Å². The van der Waals surface area contributed by atoms with Gasteiger partial charge in [-0.3, -0.25) is 9.59 Å². The maximum atomic E-state index is 12.3. The molecule has 1 aliphatic rings. The summed E-state index contributed by atoms with van der Waals surface area (Å²) in [6.07, 6.45) is 4.32. The summed E-state index contributed by atoms with van der Waals surface area (Å²) in [5, 5.41) is 17.5. The Hall–Kier alpha value is -1.19. The van der Waals surface area contributed by atoms with Crippen LogP contribution in [0.2, 0.25) is 0 Å². The molecule has 20 heavy (non-hydrogen) atoms. The van der Waals surface area contributed by atoms with Crippen molar-refractivity contribution in [1.29, 1.82) is 0 Å². The third kappa shape index (κ3) is 4.43. The highest BCUT2D eigenvalue weighted by molar-refractivity contribution is 7.86. The molecule has 1 aliphatic carbocycles. The van der Waals surface area contributed by atoms with Crippen LogP contribution < -0.4 is 0 Å². The van der Waals surface area contributed by atoms with Gasteiger partial charge in [0, 0.05) is 13.1 Å². The van der Waals surface area contributed by atoms with Gasteiger partial charge >= 0.3 is 11.9 Å². The van der Waals surface area contributed by atoms with Gasteiger partial charge in [-0.05, 0) is 12.8 Å². The SMILES string of the molecule is CN(C1CCCCC1)S(=O)(=O)N(CC(=O)O)CC(=O)O. The topological polar surface area (TPSA) is 115 Å². The summed E-state index contributed by atoms with van der Waals surface area (Å²) in [5.41, 5.74) is 0. The second-order valence-corrected chi connectivity index (χ2v) is 6.86. The van der Waals surface area contributed by atoms with E-state index in [9.17, 15) is 18.0 Å². The maximum Gasteiger partial charge on any atom is 0.318 e. The van der Waals surface area contributed by atoms with Gasteiger partial charge in [-0.15, -0.1) is 0 Å². The quantitative estimate of drug-likeness (QED) is 0.682. The van der Waals surface area contributed by atoms with Gasteiger partial charge in [0.25, 0.3) is 10.2 Å². The smallest absolute Gasteiger partial charge is 0.318 e. The van der Waals surface area contributed by atoms with Crippen molar-refractivity contribution in [3.05, 3.63) is 0 Å². The van der Waals surface area contributed by atoms with Crippen LogP contribution in [0, 0.1) is 0 Å². The number of hydrogen-bond donors (Lipinski definition) is 2. The molecule has 0 amide bonds. The number of carbonyl (C=O) groups is 2. The third-order valence-corrected chi connectivity index (χ3v) is 5.34. The first-order chi connectivity index (χ1) is 9.25. The molecule has 0 aromatic carbocycles. The van der Waals surface area contributed by atoms with Crippen molar-refractivity contribution in [3.63, 3.8) is 0 Å². The molecule has 9 heteroatoms. The lowest BCUT2D eigenvalue weighted by atomic mass is 9.96. The first kappa shape index (κ1) is 16.9. The van der Waals surface area contributed by atoms with Crippen LogP contribution >= 0.6 is 0 Å². The Morgan fingerprint density at radius 2 is 1.50 bits per heavy atom. The molecule has 1 saturated carbocycles. The monoisotopic (exact) mass is 308 g/mol. The van der Waals surface area contributed by atoms with Gasteiger partial charge in [-0.1, -0.05) is 19.3 Å². The Morgan fingerprint density at radius 1 is 1.05 bits per heavy atom. The van der Waals surface area contributed by atoms with Gasteiger partial charge in [0.2, 0.25) is 0 Å². The summed E-state index contributed by atoms with van der Waals surface area (Å²) in [6.45, 7) is -1.71. The molecule has 0 aromatic rings. The van der Waals surface area contributed by atoms with E-state index in [4.69, 9.17) is 10.2 Å². The highest BCUT2D eigenvalue weighted by atomic mass is 32.2. The zero-order valence-corrected chi connectivity index (χ0v) is 12.2. The van der Waals surface area contributed by atoms with Crippen molar-refractivity contribution in [2.24, 2.45) is 0 Å². The van der Waals surface area contributed by atoms with E-state index in [-0.39, 0.29) is 6.04 Å². The summed E-state index contributed by atoms with van der Waals surface area (Å²) in [4.78, 5) is 21.4. The van der Waals surface area contributed by atoms with Crippen LogP contribution in [0.15, 0.2) is 0 Å². The average molecular weight is 308 g/mol. The van der Waals surface area contributed by atoms with Gasteiger partial charge in [0.05, 0.1) is 0 Å². The lowest BCUT2D eigenvalue weighted by Crippen LogP contribution is -2.50. The zero-order valence-electron chi connectivity index (χ0n) is 11.4. The Labute approximate surface area is 118 Å². The second kappa shape index (κ2) is 7.00. The number of rotatable bonds is 7. The molecular weight excluding hydrogens is 288 g/mol. The summed E-state index contributed by atoms with van der Waals surface area (Å²) < 4.78 is 26.2. The van der Waals surface area contributed by atoms with E-state index < -0.39 is 35.2 Å². The number of hydrogen-bond acceptors (Lipinski definition) is 4. The van der Waals surface area contributed by atoms with E-state index in [0.29, 0.717) is 17.1 Å². The summed E-state index contributed by atoms with van der Waals surface area (Å²) >= 11 is 0. The molecule has 8 nitrogen and oxygen atoms in total. The Kier molecular flexibility index (Phi) is 5.90. The standard InChI is InChI=1S/C11H20N2O6S/c1-12(9-5-3-2-4-6-9)20(18,19)13(7-10(14)15)8-11(16)17/h9H,2-8H2,1H3,(H,14,15)(H,16,17). The molecule has 2 N–H and O–H groups in total. The molecule has 0 heterocycles. The molecule has 0 aliphatic heterocycles. The maximum absolute atomic E-state index is 12.3. The Morgan fingerprint density at radius 3 is 1.90 bits per heavy atom. The van der Waals surface area contributed by atoms with Crippen molar-refractivity contribution in [3.8, 4) is 0 Å². The number of carboxylic acids is 2. The number of carboxylic acid groups (broad SMARTS) is 2. The van der Waals surface area contributed by atoms with Crippen LogP contribution in [0.25, 0.3) is 0 Å². The van der Waals surface area contributed by atoms with Crippen LogP contribution in [0.1, 0.15) is 32.1 Å². The largest absolute Gasteiger partial charge is 0.480 e. The van der Waals surface area contributed by atoms with E-state index in [1.54, 1.807) is 0 Å². The zero-order chi connectivity index (χ0) is 15.3. The van der Waals surface area contributed by atoms with Crippen molar-refractivity contribution < 1.29 is 28.2 Å². The first-order valence-corrected chi connectivity index (χ1v) is 7.81. The van der Waals surface area contributed by atoms with Crippen molar-refractivity contribution in [1.82, 2.24) is 8.61 Å². The Bertz CT molecular complexity index is 442. The fourth-order valence-electron chi connectivity index (χ4n) is 2.34. The molecule has 0 unspecified atom stereocenters. The summed E-state index contributed by atoms with van der Waals surface area (Å²) in [7, 11) is -2.71. The highest BCUT2D eigenvalue weighted by Crippen LogP contribution is 2.24. The first-order valence-electron chi connectivity index (χ1n) is 6.42. The Balaban J connectivity index is 2.89. The van der Waals surface area contributed by atoms with E-state index >= 15 is 0 Å². The lowest BCUT2D eigenvalue weighted by molar-refractivity contribution is -0.139. The fraction of sp³-hybridized carbons (Fsp3) is 0.818. The van der Waals surface area contributed by atoms with Crippen LogP contribution in [0.5, 0.6) is 0 Å². The van der Waals surface area contributed by atoms with Gasteiger partial charge in [-0.25, -0.2) is 0 Å². The average Bonchev–Trinajstić information content (AvgIpc) is 2.37. The molecule has 0 bridgehead atoms. The van der Waals surface area contributed by atoms with E-state index in [1.165, 1.54) is 7.05 Å². The van der Waals surface area contributed by atoms with E-state index in [1.807, 2.05) is 0 Å². The molecule has 0 saturated heterocycles.